The summed E-state index contributed by atoms with van der Waals surface area (Å²) in [6, 6.07) is 12.8. The summed E-state index contributed by atoms with van der Waals surface area (Å²) in [5.74, 6) is -1.03. The van der Waals surface area contributed by atoms with E-state index in [-0.39, 0.29) is 23.6 Å². The van der Waals surface area contributed by atoms with Crippen LogP contribution in [0.5, 0.6) is 0 Å². The molecule has 3 aromatic rings. The molecule has 0 unspecified atom stereocenters. The highest BCUT2D eigenvalue weighted by Crippen LogP contribution is 2.18. The van der Waals surface area contributed by atoms with Gasteiger partial charge in [0.15, 0.2) is 11.9 Å². The van der Waals surface area contributed by atoms with Crippen LogP contribution in [0.4, 0.5) is 5.69 Å². The Balaban J connectivity index is 1.62. The van der Waals surface area contributed by atoms with Crippen molar-refractivity contribution < 1.29 is 28.0 Å². The zero-order valence-electron chi connectivity index (χ0n) is 15.0. The molecule has 2 aromatic heterocycles. The van der Waals surface area contributed by atoms with Crippen LogP contribution in [0, 0.1) is 0 Å². The van der Waals surface area contributed by atoms with Crippen molar-refractivity contribution in [3.63, 3.8) is 0 Å². The van der Waals surface area contributed by atoms with Gasteiger partial charge in [-0.2, -0.15) is 0 Å². The number of rotatable bonds is 7. The molecular formula is C20H18N2O6. The van der Waals surface area contributed by atoms with Gasteiger partial charge in [0, 0.05) is 0 Å². The van der Waals surface area contributed by atoms with E-state index in [1.165, 1.54) is 31.6 Å². The van der Waals surface area contributed by atoms with Crippen LogP contribution in [-0.2, 0) is 16.1 Å². The summed E-state index contributed by atoms with van der Waals surface area (Å²) < 4.78 is 15.4. The molecule has 0 radical (unpaired) electrons. The van der Waals surface area contributed by atoms with Gasteiger partial charge in [0.2, 0.25) is 0 Å². The summed E-state index contributed by atoms with van der Waals surface area (Å²) in [5.41, 5.74) is 0.366. The first-order chi connectivity index (χ1) is 13.5. The lowest BCUT2D eigenvalue weighted by Gasteiger charge is -2.15. The van der Waals surface area contributed by atoms with Crippen LogP contribution < -0.4 is 10.6 Å². The van der Waals surface area contributed by atoms with Crippen molar-refractivity contribution >= 4 is 23.5 Å². The fourth-order valence-electron chi connectivity index (χ4n) is 2.37. The number of ether oxygens (including phenoxy) is 1. The average Bonchev–Trinajstić information content (AvgIpc) is 3.40. The Morgan fingerprint density at radius 1 is 1.00 bits per heavy atom. The van der Waals surface area contributed by atoms with E-state index in [1.54, 1.807) is 36.4 Å². The molecule has 0 saturated heterocycles. The number of anilines is 1. The monoisotopic (exact) mass is 382 g/mol. The van der Waals surface area contributed by atoms with Crippen LogP contribution in [0.15, 0.2) is 69.9 Å². The molecule has 0 bridgehead atoms. The van der Waals surface area contributed by atoms with Crippen molar-refractivity contribution in [3.05, 3.63) is 78.1 Å². The lowest BCUT2D eigenvalue weighted by atomic mass is 10.1. The third-order valence-electron chi connectivity index (χ3n) is 3.81. The largest absolute Gasteiger partial charge is 0.467 e. The molecule has 1 atom stereocenters. The molecule has 0 saturated carbocycles. The first kappa shape index (κ1) is 19.0. The molecule has 2 N–H and O–H groups in total. The summed E-state index contributed by atoms with van der Waals surface area (Å²) in [7, 11) is 0. The first-order valence-electron chi connectivity index (χ1n) is 8.49. The maximum absolute atomic E-state index is 12.5. The number of benzene rings is 1. The smallest absolute Gasteiger partial charge is 0.341 e. The van der Waals surface area contributed by atoms with Gasteiger partial charge in [-0.3, -0.25) is 9.59 Å². The van der Waals surface area contributed by atoms with Crippen LogP contribution in [0.1, 0.15) is 33.6 Å². The predicted octanol–water partition coefficient (Wildman–Crippen LogP) is 2.99. The highest BCUT2D eigenvalue weighted by Gasteiger charge is 2.22. The van der Waals surface area contributed by atoms with Crippen LogP contribution in [0.25, 0.3) is 0 Å². The topological polar surface area (TPSA) is 111 Å². The maximum Gasteiger partial charge on any atom is 0.341 e. The second-order valence-electron chi connectivity index (χ2n) is 5.82. The molecular weight excluding hydrogens is 364 g/mol. The maximum atomic E-state index is 12.5. The Morgan fingerprint density at radius 3 is 2.46 bits per heavy atom. The van der Waals surface area contributed by atoms with Crippen molar-refractivity contribution in [2.75, 3.05) is 5.32 Å². The van der Waals surface area contributed by atoms with E-state index in [9.17, 15) is 14.4 Å². The summed E-state index contributed by atoms with van der Waals surface area (Å²) in [4.78, 5) is 36.7. The summed E-state index contributed by atoms with van der Waals surface area (Å²) >= 11 is 0. The van der Waals surface area contributed by atoms with Crippen molar-refractivity contribution in [2.45, 2.75) is 19.6 Å². The zero-order chi connectivity index (χ0) is 19.9. The number of para-hydroxylation sites is 1. The minimum Gasteiger partial charge on any atom is -0.467 e. The minimum atomic E-state index is -1.03. The molecule has 0 aliphatic carbocycles. The molecule has 1 aromatic carbocycles. The Bertz CT molecular complexity index is 947. The minimum absolute atomic E-state index is 0.105. The van der Waals surface area contributed by atoms with E-state index in [0.717, 1.165) is 0 Å². The number of hydrogen-bond acceptors (Lipinski definition) is 6. The van der Waals surface area contributed by atoms with Gasteiger partial charge in [0.05, 0.1) is 30.3 Å². The number of esters is 1. The molecule has 2 heterocycles. The third kappa shape index (κ3) is 4.67. The van der Waals surface area contributed by atoms with E-state index >= 15 is 0 Å². The Labute approximate surface area is 160 Å². The van der Waals surface area contributed by atoms with Gasteiger partial charge in [-0.15, -0.1) is 0 Å². The lowest BCUT2D eigenvalue weighted by Crippen LogP contribution is -2.35. The Morgan fingerprint density at radius 2 is 1.75 bits per heavy atom. The molecule has 0 aliphatic rings. The van der Waals surface area contributed by atoms with E-state index in [1.807, 2.05) is 0 Å². The van der Waals surface area contributed by atoms with Gasteiger partial charge in [0.1, 0.15) is 5.76 Å². The summed E-state index contributed by atoms with van der Waals surface area (Å²) in [6.45, 7) is 1.64. The number of nitrogens with one attached hydrogen (secondary N) is 2. The van der Waals surface area contributed by atoms with Crippen molar-refractivity contribution in [3.8, 4) is 0 Å². The van der Waals surface area contributed by atoms with Gasteiger partial charge in [-0.1, -0.05) is 12.1 Å². The quantitative estimate of drug-likeness (QED) is 0.608. The van der Waals surface area contributed by atoms with Crippen LogP contribution in [-0.4, -0.2) is 23.9 Å². The predicted molar refractivity (Wildman–Crippen MR) is 98.5 cm³/mol. The normalized spacial score (nSPS) is 11.5. The summed E-state index contributed by atoms with van der Waals surface area (Å²) in [5, 5.41) is 5.21. The van der Waals surface area contributed by atoms with Gasteiger partial charge in [-0.25, -0.2) is 4.79 Å². The molecule has 8 heteroatoms. The Kier molecular flexibility index (Phi) is 5.91. The lowest BCUT2D eigenvalue weighted by molar-refractivity contribution is -0.129. The molecule has 3 rings (SSSR count). The molecule has 2 amide bonds. The highest BCUT2D eigenvalue weighted by molar-refractivity contribution is 6.06. The number of carbonyl (C=O) groups is 3. The SMILES string of the molecule is C[C@@H](OC(=O)c1ccccc1NC(=O)c1ccco1)C(=O)NCc1ccco1. The van der Waals surface area contributed by atoms with Crippen LogP contribution >= 0.6 is 0 Å². The average molecular weight is 382 g/mol. The summed E-state index contributed by atoms with van der Waals surface area (Å²) in [6.07, 6.45) is 1.84. The molecule has 8 nitrogen and oxygen atoms in total. The highest BCUT2D eigenvalue weighted by atomic mass is 16.5. The molecule has 144 valence electrons. The van der Waals surface area contributed by atoms with Gasteiger partial charge in [-0.05, 0) is 43.3 Å². The van der Waals surface area contributed by atoms with Gasteiger partial charge in [0.25, 0.3) is 11.8 Å². The number of carbonyl (C=O) groups excluding carboxylic acids is 3. The van der Waals surface area contributed by atoms with Crippen LogP contribution in [0.3, 0.4) is 0 Å². The zero-order valence-corrected chi connectivity index (χ0v) is 15.0. The standard InChI is InChI=1S/C20H18N2O6/c1-13(18(23)21-12-14-6-4-10-26-14)28-20(25)15-7-2-3-8-16(15)22-19(24)17-9-5-11-27-17/h2-11,13H,12H2,1H3,(H,21,23)(H,22,24)/t13-/m1/s1. The molecule has 0 spiro atoms. The van der Waals surface area contributed by atoms with E-state index in [2.05, 4.69) is 10.6 Å². The first-order valence-corrected chi connectivity index (χ1v) is 8.49. The second kappa shape index (κ2) is 8.72. The second-order valence-corrected chi connectivity index (χ2v) is 5.82. The van der Waals surface area contributed by atoms with Gasteiger partial charge < -0.3 is 24.2 Å². The number of hydrogen-bond donors (Lipinski definition) is 2. The van der Waals surface area contributed by atoms with Crippen molar-refractivity contribution in [1.29, 1.82) is 0 Å². The fraction of sp³-hybridized carbons (Fsp3) is 0.150. The number of amides is 2. The van der Waals surface area contributed by atoms with E-state index in [4.69, 9.17) is 13.6 Å². The van der Waals surface area contributed by atoms with Gasteiger partial charge >= 0.3 is 5.97 Å². The van der Waals surface area contributed by atoms with Crippen LogP contribution in [0.2, 0.25) is 0 Å². The third-order valence-corrected chi connectivity index (χ3v) is 3.81. The van der Waals surface area contributed by atoms with E-state index in [0.29, 0.717) is 5.76 Å². The molecule has 0 aliphatic heterocycles. The van der Waals surface area contributed by atoms with Crippen molar-refractivity contribution in [2.24, 2.45) is 0 Å². The Hall–Kier alpha value is -3.81. The molecule has 0 fully saturated rings. The number of furan rings is 2. The van der Waals surface area contributed by atoms with E-state index < -0.39 is 23.9 Å². The molecule has 28 heavy (non-hydrogen) atoms. The van der Waals surface area contributed by atoms with Crippen molar-refractivity contribution in [1.82, 2.24) is 5.32 Å². The fourth-order valence-corrected chi connectivity index (χ4v) is 2.37.